The summed E-state index contributed by atoms with van der Waals surface area (Å²) in [6.07, 6.45) is 0. The van der Waals surface area contributed by atoms with Crippen LogP contribution in [0.15, 0.2) is 16.0 Å². The van der Waals surface area contributed by atoms with E-state index in [1.807, 2.05) is 12.3 Å². The van der Waals surface area contributed by atoms with Gasteiger partial charge in [0.2, 0.25) is 0 Å². The molecule has 2 aromatic heterocycles. The Morgan fingerprint density at radius 1 is 1.65 bits per heavy atom. The Bertz CT molecular complexity index is 575. The van der Waals surface area contributed by atoms with Crippen molar-refractivity contribution in [2.75, 3.05) is 0 Å². The summed E-state index contributed by atoms with van der Waals surface area (Å²) in [4.78, 5) is 15.7. The molecule has 2 rings (SSSR count). The molecule has 0 bridgehead atoms. The molecule has 17 heavy (non-hydrogen) atoms. The van der Waals surface area contributed by atoms with Gasteiger partial charge in [-0.1, -0.05) is 5.16 Å². The first-order valence-corrected chi connectivity index (χ1v) is 5.85. The molecule has 0 saturated heterocycles. The number of aryl methyl sites for hydroxylation is 1. The van der Waals surface area contributed by atoms with Gasteiger partial charge in [0, 0.05) is 11.4 Å². The molecular formula is C9H8N4O2S2. The van der Waals surface area contributed by atoms with Crippen molar-refractivity contribution in [3.63, 3.8) is 0 Å². The number of nitrogens with one attached hydrogen (secondary N) is 1. The lowest BCUT2D eigenvalue weighted by molar-refractivity contribution is 0.0968. The number of nitrogens with two attached hydrogens (primary N) is 1. The maximum Gasteiger partial charge on any atom is 0.279 e. The molecule has 0 aliphatic rings. The van der Waals surface area contributed by atoms with Crippen molar-refractivity contribution < 1.29 is 9.32 Å². The smallest absolute Gasteiger partial charge is 0.279 e. The van der Waals surface area contributed by atoms with E-state index >= 15 is 0 Å². The van der Waals surface area contributed by atoms with E-state index in [9.17, 15) is 4.79 Å². The third kappa shape index (κ3) is 2.66. The third-order valence-electron chi connectivity index (χ3n) is 1.85. The number of carbonyl (C=O) groups excluding carboxylic acids is 1. The van der Waals surface area contributed by atoms with Gasteiger partial charge in [0.1, 0.15) is 5.69 Å². The van der Waals surface area contributed by atoms with Crippen molar-refractivity contribution in [2.45, 2.75) is 6.92 Å². The third-order valence-corrected chi connectivity index (χ3v) is 2.73. The summed E-state index contributed by atoms with van der Waals surface area (Å²) in [7, 11) is 0. The highest BCUT2D eigenvalue weighted by molar-refractivity contribution is 7.80. The Hall–Kier alpha value is -1.80. The average molecular weight is 268 g/mol. The van der Waals surface area contributed by atoms with E-state index in [2.05, 4.69) is 27.7 Å². The number of nitrogens with zero attached hydrogens (tertiary/aromatic N) is 2. The second kappa shape index (κ2) is 4.60. The fourth-order valence-electron chi connectivity index (χ4n) is 1.16. The molecule has 2 aromatic rings. The normalized spacial score (nSPS) is 10.2. The molecule has 6 nitrogen and oxygen atoms in total. The van der Waals surface area contributed by atoms with Crippen molar-refractivity contribution in [1.82, 2.24) is 15.5 Å². The van der Waals surface area contributed by atoms with Gasteiger partial charge < -0.3 is 10.3 Å². The summed E-state index contributed by atoms with van der Waals surface area (Å²) in [5.41, 5.74) is 5.94. The highest BCUT2D eigenvalue weighted by Gasteiger charge is 2.15. The van der Waals surface area contributed by atoms with Gasteiger partial charge in [-0.3, -0.25) is 10.1 Å². The zero-order valence-corrected chi connectivity index (χ0v) is 10.4. The van der Waals surface area contributed by atoms with Gasteiger partial charge in [0.05, 0.1) is 5.01 Å². The topological polar surface area (TPSA) is 94.0 Å². The molecular weight excluding hydrogens is 260 g/mol. The van der Waals surface area contributed by atoms with Gasteiger partial charge in [-0.25, -0.2) is 4.98 Å². The predicted octanol–water partition coefficient (Wildman–Crippen LogP) is 1.08. The van der Waals surface area contributed by atoms with E-state index < -0.39 is 5.91 Å². The van der Waals surface area contributed by atoms with Crippen LogP contribution in [0.2, 0.25) is 0 Å². The zero-order chi connectivity index (χ0) is 12.4. The summed E-state index contributed by atoms with van der Waals surface area (Å²) >= 11 is 6.04. The molecule has 88 valence electrons. The minimum absolute atomic E-state index is 0.107. The van der Waals surface area contributed by atoms with Gasteiger partial charge in [-0.2, -0.15) is 0 Å². The first kappa shape index (κ1) is 11.7. The van der Waals surface area contributed by atoms with Crippen LogP contribution in [0.3, 0.4) is 0 Å². The van der Waals surface area contributed by atoms with E-state index in [1.54, 1.807) is 0 Å². The molecule has 0 spiro atoms. The lowest BCUT2D eigenvalue weighted by atomic mass is 10.3. The number of aromatic nitrogens is 2. The maximum atomic E-state index is 11.5. The maximum absolute atomic E-state index is 11.5. The van der Waals surface area contributed by atoms with Gasteiger partial charge in [-0.05, 0) is 19.1 Å². The van der Waals surface area contributed by atoms with Crippen molar-refractivity contribution >= 4 is 34.6 Å². The van der Waals surface area contributed by atoms with Crippen LogP contribution in [0.1, 0.15) is 15.5 Å². The van der Waals surface area contributed by atoms with E-state index in [4.69, 9.17) is 10.3 Å². The van der Waals surface area contributed by atoms with Crippen LogP contribution in [0.5, 0.6) is 0 Å². The van der Waals surface area contributed by atoms with Crippen LogP contribution in [0.25, 0.3) is 11.5 Å². The van der Waals surface area contributed by atoms with Crippen LogP contribution in [-0.4, -0.2) is 21.2 Å². The molecule has 0 unspecified atom stereocenters. The molecule has 0 atom stereocenters. The fraction of sp³-hybridized carbons (Fsp3) is 0.111. The summed E-state index contributed by atoms with van der Waals surface area (Å²) in [6, 6.07) is 1.49. The minimum Gasteiger partial charge on any atom is -0.376 e. The average Bonchev–Trinajstić information content (AvgIpc) is 2.84. The van der Waals surface area contributed by atoms with Gasteiger partial charge in [0.15, 0.2) is 16.6 Å². The molecule has 1 amide bonds. The minimum atomic E-state index is -0.501. The lowest BCUT2D eigenvalue weighted by Crippen LogP contribution is -2.34. The Labute approximate surface area is 106 Å². The van der Waals surface area contributed by atoms with Crippen molar-refractivity contribution in [3.05, 3.63) is 22.1 Å². The van der Waals surface area contributed by atoms with E-state index in [-0.39, 0.29) is 10.8 Å². The second-order valence-corrected chi connectivity index (χ2v) is 4.65. The standard InChI is InChI=1S/C9H8N4O2S2/c1-4-11-6(3-17-4)7-2-5(13-15-7)8(14)12-9(10)16/h2-3H,1H3,(H3,10,12,14,16). The van der Waals surface area contributed by atoms with E-state index in [0.29, 0.717) is 11.5 Å². The predicted molar refractivity (Wildman–Crippen MR) is 66.6 cm³/mol. The largest absolute Gasteiger partial charge is 0.376 e. The van der Waals surface area contributed by atoms with E-state index in [0.717, 1.165) is 5.01 Å². The number of hydrogen-bond acceptors (Lipinski definition) is 6. The molecule has 2 heterocycles. The van der Waals surface area contributed by atoms with Crippen molar-refractivity contribution in [2.24, 2.45) is 5.73 Å². The molecule has 0 aliphatic carbocycles. The van der Waals surface area contributed by atoms with E-state index in [1.165, 1.54) is 17.4 Å². The SMILES string of the molecule is Cc1nc(-c2cc(C(=O)NC(N)=S)no2)cs1. The molecule has 3 N–H and O–H groups in total. The summed E-state index contributed by atoms with van der Waals surface area (Å²) in [5.74, 6) is -0.0677. The summed E-state index contributed by atoms with van der Waals surface area (Å²) < 4.78 is 5.02. The van der Waals surface area contributed by atoms with Crippen molar-refractivity contribution in [3.8, 4) is 11.5 Å². The molecule has 0 aromatic carbocycles. The van der Waals surface area contributed by atoms with Crippen LogP contribution in [0.4, 0.5) is 0 Å². The van der Waals surface area contributed by atoms with Crippen LogP contribution in [-0.2, 0) is 0 Å². The highest BCUT2D eigenvalue weighted by Crippen LogP contribution is 2.22. The first-order chi connectivity index (χ1) is 8.06. The Balaban J connectivity index is 2.21. The molecule has 0 saturated carbocycles. The van der Waals surface area contributed by atoms with Crippen LogP contribution in [0, 0.1) is 6.92 Å². The van der Waals surface area contributed by atoms with Crippen LogP contribution < -0.4 is 11.1 Å². The number of amides is 1. The number of rotatable bonds is 2. The quantitative estimate of drug-likeness (QED) is 0.791. The Kier molecular flexibility index (Phi) is 3.16. The Morgan fingerprint density at radius 3 is 3.00 bits per heavy atom. The van der Waals surface area contributed by atoms with Crippen molar-refractivity contribution in [1.29, 1.82) is 0 Å². The molecule has 8 heteroatoms. The number of carbonyl (C=O) groups is 1. The van der Waals surface area contributed by atoms with Crippen LogP contribution >= 0.6 is 23.6 Å². The number of thiocarbonyl (C=S) groups is 1. The highest BCUT2D eigenvalue weighted by atomic mass is 32.1. The number of thiazole rings is 1. The second-order valence-electron chi connectivity index (χ2n) is 3.15. The Morgan fingerprint density at radius 2 is 2.41 bits per heavy atom. The summed E-state index contributed by atoms with van der Waals surface area (Å²) in [6.45, 7) is 1.88. The molecule has 0 radical (unpaired) electrons. The molecule has 0 aliphatic heterocycles. The monoisotopic (exact) mass is 268 g/mol. The summed E-state index contributed by atoms with van der Waals surface area (Å²) in [5, 5.41) is 8.50. The first-order valence-electron chi connectivity index (χ1n) is 4.56. The fourth-order valence-corrected chi connectivity index (χ4v) is 1.85. The zero-order valence-electron chi connectivity index (χ0n) is 8.76. The molecule has 0 fully saturated rings. The number of hydrogen-bond donors (Lipinski definition) is 2. The van der Waals surface area contributed by atoms with Gasteiger partial charge in [-0.15, -0.1) is 11.3 Å². The van der Waals surface area contributed by atoms with Gasteiger partial charge in [0.25, 0.3) is 5.91 Å². The lowest BCUT2D eigenvalue weighted by Gasteiger charge is -1.96. The van der Waals surface area contributed by atoms with Gasteiger partial charge >= 0.3 is 0 Å².